The van der Waals surface area contributed by atoms with Gasteiger partial charge in [0.25, 0.3) is 0 Å². The lowest BCUT2D eigenvalue weighted by atomic mass is 10.1. The van der Waals surface area contributed by atoms with Crippen LogP contribution >= 0.6 is 0 Å². The maximum Gasteiger partial charge on any atom is 0.0936 e. The fourth-order valence-corrected chi connectivity index (χ4v) is 2.62. The highest BCUT2D eigenvalue weighted by atomic mass is 16.6. The van der Waals surface area contributed by atoms with Gasteiger partial charge in [-0.15, -0.1) is 0 Å². The van der Waals surface area contributed by atoms with E-state index in [1.54, 1.807) is 0 Å². The van der Waals surface area contributed by atoms with E-state index in [0.717, 1.165) is 39.4 Å². The van der Waals surface area contributed by atoms with Crippen LogP contribution in [0.25, 0.3) is 0 Å². The number of hydrogen-bond acceptors (Lipinski definition) is 4. The molecule has 0 aliphatic carbocycles. The average molecular weight is 276 g/mol. The first kappa shape index (κ1) is 14.0. The van der Waals surface area contributed by atoms with E-state index < -0.39 is 0 Å². The first-order valence-corrected chi connectivity index (χ1v) is 7.37. The molecule has 0 saturated carbocycles. The first-order chi connectivity index (χ1) is 9.69. The Bertz CT molecular complexity index is 407. The molecule has 2 aliphatic rings. The van der Waals surface area contributed by atoms with E-state index >= 15 is 0 Å². The van der Waals surface area contributed by atoms with Gasteiger partial charge in [-0.3, -0.25) is 9.80 Å². The molecule has 110 valence electrons. The molecule has 0 spiro atoms. The molecule has 2 saturated heterocycles. The number of rotatable bonds is 8. The van der Waals surface area contributed by atoms with Gasteiger partial charge < -0.3 is 9.47 Å². The monoisotopic (exact) mass is 276 g/mol. The van der Waals surface area contributed by atoms with Crippen LogP contribution in [0.4, 0.5) is 0 Å². The molecule has 0 radical (unpaired) electrons. The largest absolute Gasteiger partial charge is 0.372 e. The zero-order chi connectivity index (χ0) is 13.9. The molecule has 2 heterocycles. The second-order valence-corrected chi connectivity index (χ2v) is 6.12. The average Bonchev–Trinajstić information content (AvgIpc) is 3.26. The second-order valence-electron chi connectivity index (χ2n) is 6.12. The van der Waals surface area contributed by atoms with Gasteiger partial charge in [-0.2, -0.15) is 0 Å². The van der Waals surface area contributed by atoms with Crippen LogP contribution in [0.15, 0.2) is 24.3 Å². The van der Waals surface area contributed by atoms with Crippen molar-refractivity contribution >= 4 is 0 Å². The quantitative estimate of drug-likeness (QED) is 0.671. The van der Waals surface area contributed by atoms with Crippen molar-refractivity contribution in [2.45, 2.75) is 25.3 Å². The first-order valence-electron chi connectivity index (χ1n) is 7.37. The highest BCUT2D eigenvalue weighted by Crippen LogP contribution is 2.15. The van der Waals surface area contributed by atoms with Crippen LogP contribution in [0.1, 0.15) is 11.1 Å². The Morgan fingerprint density at radius 3 is 1.80 bits per heavy atom. The zero-order valence-corrected chi connectivity index (χ0v) is 12.4. The Kier molecular flexibility index (Phi) is 4.36. The lowest BCUT2D eigenvalue weighted by Crippen LogP contribution is -2.24. The molecule has 3 rings (SSSR count). The molecule has 2 fully saturated rings. The molecule has 2 atom stereocenters. The van der Waals surface area contributed by atoms with Crippen LogP contribution in [-0.2, 0) is 22.6 Å². The molecule has 0 aromatic heterocycles. The molecule has 4 heteroatoms. The minimum atomic E-state index is 0.466. The lowest BCUT2D eigenvalue weighted by Gasteiger charge is -2.18. The van der Waals surface area contributed by atoms with Gasteiger partial charge in [-0.05, 0) is 25.2 Å². The predicted octanol–water partition coefficient (Wildman–Crippen LogP) is 1.35. The summed E-state index contributed by atoms with van der Waals surface area (Å²) in [5, 5.41) is 0. The van der Waals surface area contributed by atoms with Crippen LogP contribution in [0.3, 0.4) is 0 Å². The SMILES string of the molecule is CN(Cc1cccc(CN(C)CC2CO2)c1)CC1CO1. The van der Waals surface area contributed by atoms with E-state index in [1.165, 1.54) is 11.1 Å². The van der Waals surface area contributed by atoms with Gasteiger partial charge >= 0.3 is 0 Å². The summed E-state index contributed by atoms with van der Waals surface area (Å²) in [5.74, 6) is 0. The second kappa shape index (κ2) is 6.22. The molecule has 20 heavy (non-hydrogen) atoms. The molecular weight excluding hydrogens is 252 g/mol. The molecule has 4 nitrogen and oxygen atoms in total. The highest BCUT2D eigenvalue weighted by molar-refractivity contribution is 5.23. The van der Waals surface area contributed by atoms with E-state index in [1.807, 2.05) is 0 Å². The Labute approximate surface area is 121 Å². The number of likely N-dealkylation sites (N-methyl/N-ethyl adjacent to an activating group) is 2. The third-order valence-corrected chi connectivity index (χ3v) is 3.73. The van der Waals surface area contributed by atoms with Crippen molar-refractivity contribution in [3.63, 3.8) is 0 Å². The van der Waals surface area contributed by atoms with E-state index in [-0.39, 0.29) is 0 Å². The Morgan fingerprint density at radius 1 is 0.950 bits per heavy atom. The summed E-state index contributed by atoms with van der Waals surface area (Å²) in [6.07, 6.45) is 0.931. The summed E-state index contributed by atoms with van der Waals surface area (Å²) in [4.78, 5) is 4.66. The fraction of sp³-hybridized carbons (Fsp3) is 0.625. The molecule has 1 aromatic rings. The van der Waals surface area contributed by atoms with Crippen molar-refractivity contribution in [1.29, 1.82) is 0 Å². The van der Waals surface area contributed by atoms with E-state index in [9.17, 15) is 0 Å². The minimum Gasteiger partial charge on any atom is -0.372 e. The van der Waals surface area contributed by atoms with Crippen LogP contribution in [0.2, 0.25) is 0 Å². The Morgan fingerprint density at radius 2 is 1.40 bits per heavy atom. The van der Waals surface area contributed by atoms with Gasteiger partial charge in [0.2, 0.25) is 0 Å². The van der Waals surface area contributed by atoms with Gasteiger partial charge in [-0.1, -0.05) is 24.3 Å². The summed E-state index contributed by atoms with van der Waals surface area (Å²) in [7, 11) is 4.32. The van der Waals surface area contributed by atoms with Gasteiger partial charge in [0, 0.05) is 26.2 Å². The van der Waals surface area contributed by atoms with Gasteiger partial charge in [-0.25, -0.2) is 0 Å². The number of nitrogens with zero attached hydrogens (tertiary/aromatic N) is 2. The third kappa shape index (κ3) is 4.56. The Hall–Kier alpha value is -0.940. The Balaban J connectivity index is 1.51. The molecule has 0 amide bonds. The standard InChI is InChI=1S/C16H24N2O2/c1-17(9-15-11-19-15)7-13-4-3-5-14(6-13)8-18(2)10-16-12-20-16/h3-6,15-16H,7-12H2,1-2H3. The number of benzene rings is 1. The summed E-state index contributed by atoms with van der Waals surface area (Å²) in [6, 6.07) is 8.89. The predicted molar refractivity (Wildman–Crippen MR) is 78.6 cm³/mol. The molecule has 2 aliphatic heterocycles. The van der Waals surface area contributed by atoms with E-state index in [4.69, 9.17) is 9.47 Å². The van der Waals surface area contributed by atoms with Crippen LogP contribution in [0.5, 0.6) is 0 Å². The van der Waals surface area contributed by atoms with Gasteiger partial charge in [0.15, 0.2) is 0 Å². The summed E-state index contributed by atoms with van der Waals surface area (Å²) < 4.78 is 10.6. The van der Waals surface area contributed by atoms with Crippen molar-refractivity contribution in [2.24, 2.45) is 0 Å². The summed E-state index contributed by atoms with van der Waals surface area (Å²) >= 11 is 0. The third-order valence-electron chi connectivity index (χ3n) is 3.73. The normalized spacial score (nSPS) is 24.4. The number of ether oxygens (including phenoxy) is 2. The summed E-state index contributed by atoms with van der Waals surface area (Å²) in [5.41, 5.74) is 2.75. The molecule has 1 aromatic carbocycles. The van der Waals surface area contributed by atoms with Gasteiger partial charge in [0.05, 0.1) is 25.4 Å². The highest BCUT2D eigenvalue weighted by Gasteiger charge is 2.24. The molecule has 0 N–H and O–H groups in total. The van der Waals surface area contributed by atoms with Crippen LogP contribution < -0.4 is 0 Å². The van der Waals surface area contributed by atoms with Crippen molar-refractivity contribution < 1.29 is 9.47 Å². The molecule has 2 unspecified atom stereocenters. The van der Waals surface area contributed by atoms with E-state index in [0.29, 0.717) is 12.2 Å². The van der Waals surface area contributed by atoms with Crippen molar-refractivity contribution in [1.82, 2.24) is 9.80 Å². The smallest absolute Gasteiger partial charge is 0.0936 e. The van der Waals surface area contributed by atoms with Crippen molar-refractivity contribution in [2.75, 3.05) is 40.4 Å². The lowest BCUT2D eigenvalue weighted by molar-refractivity contribution is 0.275. The number of hydrogen-bond donors (Lipinski definition) is 0. The van der Waals surface area contributed by atoms with E-state index in [2.05, 4.69) is 48.2 Å². The molecule has 0 bridgehead atoms. The van der Waals surface area contributed by atoms with Crippen LogP contribution in [-0.4, -0.2) is 62.4 Å². The molecular formula is C16H24N2O2. The summed E-state index contributed by atoms with van der Waals surface area (Å²) in [6.45, 7) is 5.90. The maximum atomic E-state index is 5.28. The van der Waals surface area contributed by atoms with Crippen molar-refractivity contribution in [3.8, 4) is 0 Å². The van der Waals surface area contributed by atoms with Crippen LogP contribution in [0, 0.1) is 0 Å². The topological polar surface area (TPSA) is 31.5 Å². The van der Waals surface area contributed by atoms with Crippen molar-refractivity contribution in [3.05, 3.63) is 35.4 Å². The van der Waals surface area contributed by atoms with Gasteiger partial charge in [0.1, 0.15) is 0 Å². The fourth-order valence-electron chi connectivity index (χ4n) is 2.62. The maximum absolute atomic E-state index is 5.28. The number of epoxide rings is 2. The minimum absolute atomic E-state index is 0.466. The zero-order valence-electron chi connectivity index (χ0n) is 12.4.